The summed E-state index contributed by atoms with van der Waals surface area (Å²) in [5.41, 5.74) is 0.399. The summed E-state index contributed by atoms with van der Waals surface area (Å²) in [4.78, 5) is -0.358. The number of hydrogen-bond acceptors (Lipinski definition) is 2. The molecule has 0 amide bonds. The number of anilines is 1. The molecule has 17 heavy (non-hydrogen) atoms. The van der Waals surface area contributed by atoms with E-state index in [1.807, 2.05) is 0 Å². The van der Waals surface area contributed by atoms with Crippen LogP contribution in [0.25, 0.3) is 0 Å². The summed E-state index contributed by atoms with van der Waals surface area (Å²) in [7, 11) is -3.87. The van der Waals surface area contributed by atoms with E-state index in [0.717, 1.165) is 6.07 Å². The lowest BCUT2D eigenvalue weighted by Gasteiger charge is -2.08. The monoisotopic (exact) mass is 251 g/mol. The van der Waals surface area contributed by atoms with Crippen LogP contribution in [0.2, 0.25) is 0 Å². The van der Waals surface area contributed by atoms with E-state index in [1.54, 1.807) is 30.3 Å². The topological polar surface area (TPSA) is 46.2 Å². The van der Waals surface area contributed by atoms with Crippen LogP contribution in [0.5, 0.6) is 0 Å². The maximum Gasteiger partial charge on any atom is 0.264 e. The summed E-state index contributed by atoms with van der Waals surface area (Å²) >= 11 is 0. The van der Waals surface area contributed by atoms with Crippen molar-refractivity contribution in [2.75, 3.05) is 4.72 Å². The van der Waals surface area contributed by atoms with E-state index >= 15 is 0 Å². The SMILES string of the molecule is O=S(=O)(Nc1ccccc1)c1ccccc1F. The van der Waals surface area contributed by atoms with Crippen LogP contribution in [0.1, 0.15) is 0 Å². The molecular formula is C12H10FNO2S. The van der Waals surface area contributed by atoms with Gasteiger partial charge < -0.3 is 0 Å². The van der Waals surface area contributed by atoms with E-state index in [-0.39, 0.29) is 4.90 Å². The Bertz CT molecular complexity index is 611. The molecule has 0 atom stereocenters. The number of benzene rings is 2. The van der Waals surface area contributed by atoms with E-state index < -0.39 is 15.8 Å². The van der Waals surface area contributed by atoms with Gasteiger partial charge in [-0.15, -0.1) is 0 Å². The van der Waals surface area contributed by atoms with E-state index in [2.05, 4.69) is 4.72 Å². The van der Waals surface area contributed by atoms with Gasteiger partial charge in [-0.25, -0.2) is 12.8 Å². The van der Waals surface area contributed by atoms with Crippen LogP contribution in [0.4, 0.5) is 10.1 Å². The fourth-order valence-corrected chi connectivity index (χ4v) is 2.52. The summed E-state index contributed by atoms with van der Waals surface area (Å²) < 4.78 is 39.4. The molecule has 0 spiro atoms. The summed E-state index contributed by atoms with van der Waals surface area (Å²) in [6.45, 7) is 0. The van der Waals surface area contributed by atoms with Crippen molar-refractivity contribution in [3.8, 4) is 0 Å². The van der Waals surface area contributed by atoms with Crippen molar-refractivity contribution in [3.63, 3.8) is 0 Å². The zero-order chi connectivity index (χ0) is 12.3. The molecule has 2 aromatic rings. The highest BCUT2D eigenvalue weighted by Crippen LogP contribution is 2.17. The lowest BCUT2D eigenvalue weighted by atomic mass is 10.3. The molecule has 0 aliphatic heterocycles. The molecule has 2 aromatic carbocycles. The highest BCUT2D eigenvalue weighted by atomic mass is 32.2. The fourth-order valence-electron chi connectivity index (χ4n) is 1.38. The summed E-state index contributed by atoms with van der Waals surface area (Å²) in [5.74, 6) is -0.768. The van der Waals surface area contributed by atoms with Gasteiger partial charge in [0.15, 0.2) is 0 Å². The van der Waals surface area contributed by atoms with E-state index in [0.29, 0.717) is 5.69 Å². The molecule has 0 aliphatic rings. The Morgan fingerprint density at radius 1 is 0.882 bits per heavy atom. The molecule has 0 aromatic heterocycles. The predicted molar refractivity (Wildman–Crippen MR) is 63.7 cm³/mol. The maximum atomic E-state index is 13.4. The average Bonchev–Trinajstić information content (AvgIpc) is 2.30. The first-order valence-corrected chi connectivity index (χ1v) is 6.40. The number of rotatable bonds is 3. The average molecular weight is 251 g/mol. The Labute approximate surface area is 99.0 Å². The van der Waals surface area contributed by atoms with Crippen LogP contribution in [-0.2, 0) is 10.0 Å². The molecule has 0 unspecified atom stereocenters. The third-order valence-electron chi connectivity index (χ3n) is 2.15. The molecule has 0 fully saturated rings. The van der Waals surface area contributed by atoms with Crippen LogP contribution in [0.3, 0.4) is 0 Å². The van der Waals surface area contributed by atoms with Gasteiger partial charge in [0, 0.05) is 5.69 Å². The van der Waals surface area contributed by atoms with Crippen molar-refractivity contribution in [2.45, 2.75) is 4.90 Å². The second kappa shape index (κ2) is 4.55. The number of halogens is 1. The third kappa shape index (κ3) is 2.62. The molecule has 0 aliphatic carbocycles. The summed E-state index contributed by atoms with van der Waals surface area (Å²) in [5, 5.41) is 0. The second-order valence-corrected chi connectivity index (χ2v) is 5.05. The van der Waals surface area contributed by atoms with Crippen LogP contribution < -0.4 is 4.72 Å². The van der Waals surface area contributed by atoms with Crippen LogP contribution in [0, 0.1) is 5.82 Å². The summed E-state index contributed by atoms with van der Waals surface area (Å²) in [6, 6.07) is 13.6. The van der Waals surface area contributed by atoms with Gasteiger partial charge in [-0.3, -0.25) is 4.72 Å². The Morgan fingerprint density at radius 3 is 2.12 bits per heavy atom. The van der Waals surface area contributed by atoms with Gasteiger partial charge >= 0.3 is 0 Å². The number of sulfonamides is 1. The highest BCUT2D eigenvalue weighted by molar-refractivity contribution is 7.92. The molecule has 1 N–H and O–H groups in total. The van der Waals surface area contributed by atoms with Crippen LogP contribution >= 0.6 is 0 Å². The zero-order valence-corrected chi connectivity index (χ0v) is 9.62. The van der Waals surface area contributed by atoms with Gasteiger partial charge in [-0.2, -0.15) is 0 Å². The Hall–Kier alpha value is -1.88. The van der Waals surface area contributed by atoms with Gasteiger partial charge in [0.1, 0.15) is 10.7 Å². The summed E-state index contributed by atoms with van der Waals surface area (Å²) in [6.07, 6.45) is 0. The van der Waals surface area contributed by atoms with Crippen molar-refractivity contribution in [3.05, 3.63) is 60.4 Å². The molecule has 0 saturated carbocycles. The Kier molecular flexibility index (Phi) is 3.10. The lowest BCUT2D eigenvalue weighted by Crippen LogP contribution is -2.14. The number of para-hydroxylation sites is 1. The largest absolute Gasteiger partial charge is 0.280 e. The maximum absolute atomic E-state index is 13.4. The van der Waals surface area contributed by atoms with E-state index in [1.165, 1.54) is 18.2 Å². The minimum atomic E-state index is -3.87. The Morgan fingerprint density at radius 2 is 1.47 bits per heavy atom. The minimum Gasteiger partial charge on any atom is -0.280 e. The standard InChI is InChI=1S/C12H10FNO2S/c13-11-8-4-5-9-12(11)17(15,16)14-10-6-2-1-3-7-10/h1-9,14H. The van der Waals surface area contributed by atoms with Crippen molar-refractivity contribution in [2.24, 2.45) is 0 Å². The molecule has 2 rings (SSSR count). The first kappa shape index (κ1) is 11.6. The van der Waals surface area contributed by atoms with E-state index in [4.69, 9.17) is 0 Å². The third-order valence-corrected chi connectivity index (χ3v) is 3.57. The molecule has 5 heteroatoms. The van der Waals surface area contributed by atoms with E-state index in [9.17, 15) is 12.8 Å². The van der Waals surface area contributed by atoms with Crippen LogP contribution in [0.15, 0.2) is 59.5 Å². The molecular weight excluding hydrogens is 241 g/mol. The molecule has 0 saturated heterocycles. The molecule has 0 heterocycles. The second-order valence-electron chi connectivity index (χ2n) is 3.40. The number of nitrogens with one attached hydrogen (secondary N) is 1. The number of hydrogen-bond donors (Lipinski definition) is 1. The van der Waals surface area contributed by atoms with Gasteiger partial charge in [-0.05, 0) is 24.3 Å². The van der Waals surface area contributed by atoms with Gasteiger partial charge in [0.25, 0.3) is 10.0 Å². The van der Waals surface area contributed by atoms with Gasteiger partial charge in [-0.1, -0.05) is 30.3 Å². The molecule has 88 valence electrons. The molecule has 3 nitrogen and oxygen atoms in total. The van der Waals surface area contributed by atoms with Gasteiger partial charge in [0.2, 0.25) is 0 Å². The van der Waals surface area contributed by atoms with Crippen molar-refractivity contribution in [1.29, 1.82) is 0 Å². The predicted octanol–water partition coefficient (Wildman–Crippen LogP) is 2.63. The first-order chi connectivity index (χ1) is 8.09. The van der Waals surface area contributed by atoms with Gasteiger partial charge in [0.05, 0.1) is 0 Å². The van der Waals surface area contributed by atoms with Crippen molar-refractivity contribution >= 4 is 15.7 Å². The molecule has 0 bridgehead atoms. The minimum absolute atomic E-state index is 0.358. The molecule has 0 radical (unpaired) electrons. The zero-order valence-electron chi connectivity index (χ0n) is 8.80. The van der Waals surface area contributed by atoms with Crippen molar-refractivity contribution < 1.29 is 12.8 Å². The lowest BCUT2D eigenvalue weighted by molar-refractivity contribution is 0.570. The van der Waals surface area contributed by atoms with Crippen LogP contribution in [-0.4, -0.2) is 8.42 Å². The normalized spacial score (nSPS) is 11.1. The Balaban J connectivity index is 2.36. The fraction of sp³-hybridized carbons (Fsp3) is 0. The quantitative estimate of drug-likeness (QED) is 0.911. The first-order valence-electron chi connectivity index (χ1n) is 4.92. The van der Waals surface area contributed by atoms with Crippen molar-refractivity contribution in [1.82, 2.24) is 0 Å². The smallest absolute Gasteiger partial charge is 0.264 e. The highest BCUT2D eigenvalue weighted by Gasteiger charge is 2.17.